The Balaban J connectivity index is 1.83. The highest BCUT2D eigenvalue weighted by molar-refractivity contribution is 7.87. The molecule has 8 heteroatoms. The number of hydrogen-bond acceptors (Lipinski definition) is 4. The third-order valence-electron chi connectivity index (χ3n) is 3.33. The van der Waals surface area contributed by atoms with Gasteiger partial charge >= 0.3 is 16.1 Å². The third-order valence-corrected chi connectivity index (χ3v) is 4.89. The van der Waals surface area contributed by atoms with Crippen LogP contribution < -0.4 is 14.4 Å². The summed E-state index contributed by atoms with van der Waals surface area (Å²) in [7, 11) is -3.99. The molecule has 2 aromatic carbocycles. The van der Waals surface area contributed by atoms with E-state index in [2.05, 4.69) is 5.32 Å². The molecular weight excluding hydrogens is 340 g/mol. The van der Waals surface area contributed by atoms with Crippen LogP contribution in [0.5, 0.6) is 5.75 Å². The van der Waals surface area contributed by atoms with Crippen molar-refractivity contribution in [3.63, 3.8) is 0 Å². The van der Waals surface area contributed by atoms with Gasteiger partial charge in [-0.3, -0.25) is 4.90 Å². The average Bonchev–Trinajstić information content (AvgIpc) is 2.96. The molecule has 0 radical (unpaired) electrons. The predicted molar refractivity (Wildman–Crippen MR) is 86.5 cm³/mol. The fourth-order valence-electron chi connectivity index (χ4n) is 2.19. The molecule has 0 aliphatic carbocycles. The first-order valence-corrected chi connectivity index (χ1v) is 8.60. The van der Waals surface area contributed by atoms with Crippen molar-refractivity contribution in [3.05, 3.63) is 53.6 Å². The lowest BCUT2D eigenvalue weighted by atomic mass is 10.3. The van der Waals surface area contributed by atoms with Crippen LogP contribution in [0.25, 0.3) is 0 Å². The number of nitrogens with zero attached hydrogens (tertiary/aromatic N) is 1. The second kappa shape index (κ2) is 6.10. The molecule has 0 unspecified atom stereocenters. The molecule has 1 aliphatic rings. The molecule has 1 heterocycles. The summed E-state index contributed by atoms with van der Waals surface area (Å²) >= 11 is 5.90. The number of anilines is 1. The van der Waals surface area contributed by atoms with Crippen LogP contribution in [0.2, 0.25) is 5.02 Å². The van der Waals surface area contributed by atoms with E-state index in [1.54, 1.807) is 30.3 Å². The van der Waals surface area contributed by atoms with E-state index in [0.717, 1.165) is 0 Å². The Labute approximate surface area is 138 Å². The molecule has 0 bridgehead atoms. The first kappa shape index (κ1) is 15.6. The standard InChI is InChI=1S/C15H13ClN2O4S/c16-13-3-1-2-4-14(13)22-23(20,21)12-7-5-11(6-8-12)18-10-9-17-15(18)19/h1-8H,9-10H2,(H,17,19). The summed E-state index contributed by atoms with van der Waals surface area (Å²) in [6, 6.07) is 12.0. The molecule has 6 nitrogen and oxygen atoms in total. The molecule has 3 rings (SSSR count). The molecule has 1 aliphatic heterocycles. The highest BCUT2D eigenvalue weighted by Crippen LogP contribution is 2.27. The van der Waals surface area contributed by atoms with Crippen molar-refractivity contribution in [3.8, 4) is 5.75 Å². The van der Waals surface area contributed by atoms with Gasteiger partial charge in [0.25, 0.3) is 0 Å². The fraction of sp³-hybridized carbons (Fsp3) is 0.133. The number of amides is 2. The van der Waals surface area contributed by atoms with E-state index in [0.29, 0.717) is 18.8 Å². The van der Waals surface area contributed by atoms with Gasteiger partial charge in [-0.15, -0.1) is 0 Å². The van der Waals surface area contributed by atoms with Gasteiger partial charge in [-0.1, -0.05) is 23.7 Å². The molecule has 1 N–H and O–H groups in total. The topological polar surface area (TPSA) is 75.7 Å². The molecule has 120 valence electrons. The van der Waals surface area contributed by atoms with Gasteiger partial charge < -0.3 is 9.50 Å². The Kier molecular flexibility index (Phi) is 4.14. The lowest BCUT2D eigenvalue weighted by Gasteiger charge is -2.14. The van der Waals surface area contributed by atoms with Gasteiger partial charge in [0.2, 0.25) is 0 Å². The highest BCUT2D eigenvalue weighted by atomic mass is 35.5. The third kappa shape index (κ3) is 3.25. The highest BCUT2D eigenvalue weighted by Gasteiger charge is 2.23. The van der Waals surface area contributed by atoms with E-state index >= 15 is 0 Å². The quantitative estimate of drug-likeness (QED) is 0.858. The van der Waals surface area contributed by atoms with E-state index in [9.17, 15) is 13.2 Å². The Morgan fingerprint density at radius 1 is 1.09 bits per heavy atom. The zero-order chi connectivity index (χ0) is 16.4. The minimum atomic E-state index is -3.99. The summed E-state index contributed by atoms with van der Waals surface area (Å²) in [4.78, 5) is 13.1. The van der Waals surface area contributed by atoms with Crippen LogP contribution >= 0.6 is 11.6 Å². The lowest BCUT2D eigenvalue weighted by molar-refractivity contribution is 0.252. The van der Waals surface area contributed by atoms with E-state index in [1.807, 2.05) is 0 Å². The minimum absolute atomic E-state index is 0.0132. The molecule has 0 aromatic heterocycles. The molecule has 0 spiro atoms. The summed E-state index contributed by atoms with van der Waals surface area (Å²) in [5.74, 6) is 0.0668. The fourth-order valence-corrected chi connectivity index (χ4v) is 3.36. The van der Waals surface area contributed by atoms with Crippen molar-refractivity contribution in [2.45, 2.75) is 4.90 Å². The van der Waals surface area contributed by atoms with Crippen LogP contribution in [0.1, 0.15) is 0 Å². The Hall–Kier alpha value is -2.25. The molecule has 23 heavy (non-hydrogen) atoms. The normalized spacial score (nSPS) is 14.7. The van der Waals surface area contributed by atoms with Gasteiger partial charge in [0.05, 0.1) is 5.02 Å². The number of halogens is 1. The maximum Gasteiger partial charge on any atom is 0.339 e. The van der Waals surface area contributed by atoms with E-state index in [1.165, 1.54) is 23.1 Å². The number of hydrogen-bond donors (Lipinski definition) is 1. The summed E-state index contributed by atoms with van der Waals surface area (Å²) in [5.41, 5.74) is 0.622. The summed E-state index contributed by atoms with van der Waals surface area (Å²) in [6.45, 7) is 1.11. The van der Waals surface area contributed by atoms with Gasteiger partial charge in [-0.2, -0.15) is 8.42 Å². The number of para-hydroxylation sites is 1. The number of carbonyl (C=O) groups is 1. The van der Waals surface area contributed by atoms with E-state index < -0.39 is 10.1 Å². The van der Waals surface area contributed by atoms with Gasteiger partial charge in [0.1, 0.15) is 4.90 Å². The summed E-state index contributed by atoms with van der Waals surface area (Å²) < 4.78 is 29.6. The number of rotatable bonds is 4. The van der Waals surface area contributed by atoms with Gasteiger partial charge in [-0.05, 0) is 36.4 Å². The summed E-state index contributed by atoms with van der Waals surface area (Å²) in [5, 5.41) is 2.89. The number of urea groups is 1. The van der Waals surface area contributed by atoms with Crippen molar-refractivity contribution in [2.75, 3.05) is 18.0 Å². The van der Waals surface area contributed by atoms with Crippen LogP contribution in [0.4, 0.5) is 10.5 Å². The molecule has 2 amide bonds. The molecule has 1 saturated heterocycles. The van der Waals surface area contributed by atoms with Gasteiger partial charge in [0, 0.05) is 18.8 Å². The SMILES string of the molecule is O=C1NCCN1c1ccc(S(=O)(=O)Oc2ccccc2Cl)cc1. The Morgan fingerprint density at radius 2 is 1.78 bits per heavy atom. The van der Waals surface area contributed by atoms with Crippen LogP contribution in [-0.2, 0) is 10.1 Å². The van der Waals surface area contributed by atoms with Crippen LogP contribution in [0.15, 0.2) is 53.4 Å². The van der Waals surface area contributed by atoms with Crippen molar-refractivity contribution < 1.29 is 17.4 Å². The van der Waals surface area contributed by atoms with E-state index in [4.69, 9.17) is 15.8 Å². The number of carbonyl (C=O) groups excluding carboxylic acids is 1. The monoisotopic (exact) mass is 352 g/mol. The number of nitrogens with one attached hydrogen (secondary N) is 1. The van der Waals surface area contributed by atoms with Crippen LogP contribution in [0, 0.1) is 0 Å². The Morgan fingerprint density at radius 3 is 2.39 bits per heavy atom. The molecular formula is C15H13ClN2O4S. The van der Waals surface area contributed by atoms with E-state index in [-0.39, 0.29) is 21.7 Å². The largest absolute Gasteiger partial charge is 0.377 e. The maximum atomic E-state index is 12.3. The summed E-state index contributed by atoms with van der Waals surface area (Å²) in [6.07, 6.45) is 0. The molecule has 2 aromatic rings. The average molecular weight is 353 g/mol. The van der Waals surface area contributed by atoms with Crippen LogP contribution in [-0.4, -0.2) is 27.5 Å². The Bertz CT molecular complexity index is 837. The maximum absolute atomic E-state index is 12.3. The molecule has 1 fully saturated rings. The second-order valence-corrected chi connectivity index (χ2v) is 6.80. The van der Waals surface area contributed by atoms with Gasteiger partial charge in [-0.25, -0.2) is 4.79 Å². The minimum Gasteiger partial charge on any atom is -0.377 e. The zero-order valence-corrected chi connectivity index (χ0v) is 13.5. The smallest absolute Gasteiger partial charge is 0.339 e. The first-order valence-electron chi connectivity index (χ1n) is 6.82. The number of benzene rings is 2. The van der Waals surface area contributed by atoms with Crippen molar-refractivity contribution in [2.24, 2.45) is 0 Å². The zero-order valence-electron chi connectivity index (χ0n) is 11.9. The second-order valence-electron chi connectivity index (χ2n) is 4.85. The molecule has 0 saturated carbocycles. The van der Waals surface area contributed by atoms with Crippen LogP contribution in [0.3, 0.4) is 0 Å². The van der Waals surface area contributed by atoms with Crippen molar-refractivity contribution in [1.82, 2.24) is 5.32 Å². The predicted octanol–water partition coefficient (Wildman–Crippen LogP) is 2.64. The lowest BCUT2D eigenvalue weighted by Crippen LogP contribution is -2.27. The van der Waals surface area contributed by atoms with Gasteiger partial charge in [0.15, 0.2) is 5.75 Å². The first-order chi connectivity index (χ1) is 11.0. The molecule has 0 atom stereocenters. The van der Waals surface area contributed by atoms with Crippen molar-refractivity contribution in [1.29, 1.82) is 0 Å². The van der Waals surface area contributed by atoms with Crippen molar-refractivity contribution >= 4 is 33.4 Å².